The molecule has 3 heteroatoms. The lowest BCUT2D eigenvalue weighted by molar-refractivity contribution is 0.128. The van der Waals surface area contributed by atoms with Crippen LogP contribution in [0.1, 0.15) is 47.9 Å². The Morgan fingerprint density at radius 3 is 1.71 bits per heavy atom. The SMILES string of the molecule is CN1CCC(=C2c3ccccc3C3=C(c4ccccc42)C2CCC3O2)CC1.Cl. The van der Waals surface area contributed by atoms with Gasteiger partial charge in [-0.25, -0.2) is 0 Å². The molecular formula is C25H26ClNO. The highest BCUT2D eigenvalue weighted by Crippen LogP contribution is 2.54. The van der Waals surface area contributed by atoms with Gasteiger partial charge in [0, 0.05) is 13.1 Å². The second-order valence-electron chi connectivity index (χ2n) is 8.39. The maximum Gasteiger partial charge on any atom is 0.0844 e. The van der Waals surface area contributed by atoms with Gasteiger partial charge in [-0.05, 0) is 71.7 Å². The van der Waals surface area contributed by atoms with Crippen LogP contribution in [0.4, 0.5) is 0 Å². The minimum Gasteiger partial charge on any atom is -0.366 e. The van der Waals surface area contributed by atoms with Gasteiger partial charge >= 0.3 is 0 Å². The average Bonchev–Trinajstić information content (AvgIpc) is 3.29. The second kappa shape index (κ2) is 6.88. The fourth-order valence-corrected chi connectivity index (χ4v) is 5.58. The largest absolute Gasteiger partial charge is 0.366 e. The number of hydrogen-bond donors (Lipinski definition) is 0. The number of hydrogen-bond acceptors (Lipinski definition) is 2. The van der Waals surface area contributed by atoms with Gasteiger partial charge in [0.1, 0.15) is 0 Å². The smallest absolute Gasteiger partial charge is 0.0844 e. The maximum atomic E-state index is 6.39. The average molecular weight is 392 g/mol. The van der Waals surface area contributed by atoms with Gasteiger partial charge in [-0.1, -0.05) is 54.1 Å². The van der Waals surface area contributed by atoms with E-state index < -0.39 is 0 Å². The first-order chi connectivity index (χ1) is 13.3. The van der Waals surface area contributed by atoms with Crippen molar-refractivity contribution in [3.63, 3.8) is 0 Å². The van der Waals surface area contributed by atoms with E-state index in [1.807, 2.05) is 0 Å². The molecule has 2 bridgehead atoms. The lowest BCUT2D eigenvalue weighted by Gasteiger charge is -2.28. The number of halogens is 1. The zero-order valence-corrected chi connectivity index (χ0v) is 17.1. The summed E-state index contributed by atoms with van der Waals surface area (Å²) in [6.45, 7) is 2.31. The van der Waals surface area contributed by atoms with Crippen LogP contribution >= 0.6 is 12.4 Å². The molecule has 2 fully saturated rings. The first-order valence-electron chi connectivity index (χ1n) is 10.3. The molecule has 2 atom stereocenters. The summed E-state index contributed by atoms with van der Waals surface area (Å²) in [5.74, 6) is 0. The van der Waals surface area contributed by atoms with Crippen LogP contribution < -0.4 is 0 Å². The van der Waals surface area contributed by atoms with Crippen molar-refractivity contribution in [1.29, 1.82) is 0 Å². The molecule has 144 valence electrons. The zero-order valence-electron chi connectivity index (χ0n) is 16.3. The van der Waals surface area contributed by atoms with E-state index >= 15 is 0 Å². The van der Waals surface area contributed by atoms with E-state index in [-0.39, 0.29) is 24.6 Å². The van der Waals surface area contributed by atoms with Crippen LogP contribution in [0.5, 0.6) is 0 Å². The molecular weight excluding hydrogens is 366 g/mol. The van der Waals surface area contributed by atoms with E-state index in [4.69, 9.17) is 4.74 Å². The van der Waals surface area contributed by atoms with Gasteiger partial charge in [0.05, 0.1) is 12.2 Å². The Kier molecular flexibility index (Phi) is 4.46. The molecule has 28 heavy (non-hydrogen) atoms. The molecule has 2 aromatic carbocycles. The molecule has 0 spiro atoms. The Labute approximate surface area is 173 Å². The first kappa shape index (κ1) is 18.2. The lowest BCUT2D eigenvalue weighted by Crippen LogP contribution is -2.27. The van der Waals surface area contributed by atoms with Crippen molar-refractivity contribution in [2.75, 3.05) is 20.1 Å². The number of fused-ring (bicyclic) bond motifs is 8. The van der Waals surface area contributed by atoms with E-state index in [0.29, 0.717) is 0 Å². The van der Waals surface area contributed by atoms with Crippen LogP contribution in [0.3, 0.4) is 0 Å². The molecule has 2 nitrogen and oxygen atoms in total. The number of likely N-dealkylation sites (tertiary alicyclic amines) is 1. The molecule has 3 aliphatic heterocycles. The van der Waals surface area contributed by atoms with E-state index in [2.05, 4.69) is 60.5 Å². The molecule has 2 unspecified atom stereocenters. The summed E-state index contributed by atoms with van der Waals surface area (Å²) in [4.78, 5) is 2.45. The Morgan fingerprint density at radius 1 is 0.750 bits per heavy atom. The van der Waals surface area contributed by atoms with Crippen LogP contribution in [-0.4, -0.2) is 37.2 Å². The second-order valence-corrected chi connectivity index (χ2v) is 8.39. The summed E-state index contributed by atoms with van der Waals surface area (Å²) in [7, 11) is 2.24. The van der Waals surface area contributed by atoms with Crippen molar-refractivity contribution >= 4 is 29.1 Å². The summed E-state index contributed by atoms with van der Waals surface area (Å²) < 4.78 is 6.39. The third kappa shape index (κ3) is 2.55. The highest BCUT2D eigenvalue weighted by Gasteiger charge is 2.44. The van der Waals surface area contributed by atoms with Gasteiger partial charge in [-0.3, -0.25) is 0 Å². The van der Waals surface area contributed by atoms with Crippen molar-refractivity contribution < 1.29 is 4.74 Å². The summed E-state index contributed by atoms with van der Waals surface area (Å²) in [5.41, 5.74) is 11.7. The standard InChI is InChI=1S/C25H25NO.ClH/c1-26-14-12-16(13-15-26)23-17-6-2-4-8-19(17)24-21-10-11-22(27-21)25(24)20-9-5-3-7-18(20)23;/h2-9,21-22H,10-15H2,1H3;1H. The minimum absolute atomic E-state index is 0. The van der Waals surface area contributed by atoms with Gasteiger partial charge in [-0.15, -0.1) is 12.4 Å². The summed E-state index contributed by atoms with van der Waals surface area (Å²) in [5, 5.41) is 0. The Bertz CT molecular complexity index is 930. The van der Waals surface area contributed by atoms with Crippen molar-refractivity contribution in [2.45, 2.75) is 37.9 Å². The third-order valence-corrected chi connectivity index (χ3v) is 6.87. The molecule has 1 aliphatic carbocycles. The van der Waals surface area contributed by atoms with Gasteiger partial charge in [0.15, 0.2) is 0 Å². The van der Waals surface area contributed by atoms with Crippen LogP contribution in [0, 0.1) is 0 Å². The number of piperidine rings is 1. The molecule has 0 N–H and O–H groups in total. The molecule has 2 aromatic rings. The van der Waals surface area contributed by atoms with Crippen molar-refractivity contribution in [1.82, 2.24) is 4.90 Å². The molecule has 6 rings (SSSR count). The van der Waals surface area contributed by atoms with Gasteiger partial charge in [0.25, 0.3) is 0 Å². The van der Waals surface area contributed by atoms with Crippen molar-refractivity contribution in [3.8, 4) is 0 Å². The normalized spacial score (nSPS) is 25.8. The van der Waals surface area contributed by atoms with Gasteiger partial charge in [-0.2, -0.15) is 0 Å². The highest BCUT2D eigenvalue weighted by atomic mass is 35.5. The quantitative estimate of drug-likeness (QED) is 0.594. The summed E-state index contributed by atoms with van der Waals surface area (Å²) in [6, 6.07) is 18.1. The van der Waals surface area contributed by atoms with Crippen LogP contribution in [0.2, 0.25) is 0 Å². The highest BCUT2D eigenvalue weighted by molar-refractivity contribution is 6.07. The lowest BCUT2D eigenvalue weighted by atomic mass is 9.84. The predicted octanol–water partition coefficient (Wildman–Crippen LogP) is 5.42. The minimum atomic E-state index is 0. The molecule has 4 aliphatic rings. The summed E-state index contributed by atoms with van der Waals surface area (Å²) >= 11 is 0. The molecule has 0 saturated carbocycles. The fourth-order valence-electron chi connectivity index (χ4n) is 5.58. The zero-order chi connectivity index (χ0) is 18.0. The number of rotatable bonds is 0. The van der Waals surface area contributed by atoms with Crippen molar-refractivity contribution in [2.24, 2.45) is 0 Å². The Morgan fingerprint density at radius 2 is 1.21 bits per heavy atom. The monoisotopic (exact) mass is 391 g/mol. The predicted molar refractivity (Wildman–Crippen MR) is 118 cm³/mol. The Hall–Kier alpha value is -1.87. The summed E-state index contributed by atoms with van der Waals surface area (Å²) in [6.07, 6.45) is 5.22. The van der Waals surface area contributed by atoms with Crippen molar-refractivity contribution in [3.05, 3.63) is 76.4 Å². The third-order valence-electron chi connectivity index (χ3n) is 6.87. The van der Waals surface area contributed by atoms with E-state index in [0.717, 1.165) is 25.9 Å². The molecule has 3 heterocycles. The van der Waals surface area contributed by atoms with Crippen LogP contribution in [0.15, 0.2) is 54.1 Å². The Balaban J connectivity index is 0.00000171. The molecule has 0 amide bonds. The number of ether oxygens (including phenoxy) is 1. The van der Waals surface area contributed by atoms with Gasteiger partial charge in [0.2, 0.25) is 0 Å². The van der Waals surface area contributed by atoms with Gasteiger partial charge < -0.3 is 9.64 Å². The molecule has 0 radical (unpaired) electrons. The maximum absolute atomic E-state index is 6.39. The molecule has 2 saturated heterocycles. The van der Waals surface area contributed by atoms with E-state index in [1.165, 1.54) is 51.8 Å². The number of benzene rings is 2. The first-order valence-corrected chi connectivity index (χ1v) is 10.3. The molecule has 0 aromatic heterocycles. The fraction of sp³-hybridized carbons (Fsp3) is 0.360. The topological polar surface area (TPSA) is 12.5 Å². The van der Waals surface area contributed by atoms with Crippen LogP contribution in [0.25, 0.3) is 16.7 Å². The van der Waals surface area contributed by atoms with E-state index in [9.17, 15) is 0 Å². The number of nitrogens with zero attached hydrogens (tertiary/aromatic N) is 1. The van der Waals surface area contributed by atoms with E-state index in [1.54, 1.807) is 5.57 Å². The van der Waals surface area contributed by atoms with Crippen LogP contribution in [-0.2, 0) is 4.74 Å².